The van der Waals surface area contributed by atoms with Crippen LogP contribution in [0.15, 0.2) is 212 Å². The molecule has 0 saturated heterocycles. The van der Waals surface area contributed by atoms with Gasteiger partial charge in [-0.1, -0.05) is 182 Å². The Balaban J connectivity index is 1.25. The summed E-state index contributed by atoms with van der Waals surface area (Å²) in [5, 5.41) is 2.01. The topological polar surface area (TPSA) is 82.3 Å². The Morgan fingerprint density at radius 1 is 0.328 bits per heavy atom. The lowest BCUT2D eigenvalue weighted by Crippen LogP contribution is -2.05. The molecule has 61 heavy (non-hydrogen) atoms. The summed E-state index contributed by atoms with van der Waals surface area (Å²) in [5.74, 6) is 0.190. The molecule has 8 aromatic carbocycles. The summed E-state index contributed by atoms with van der Waals surface area (Å²) in [4.78, 5) is 29.3. The van der Waals surface area contributed by atoms with E-state index in [-0.39, 0.29) is 34.4 Å². The van der Waals surface area contributed by atoms with Gasteiger partial charge in [0.2, 0.25) is 0 Å². The van der Waals surface area contributed by atoms with Crippen LogP contribution in [0.3, 0.4) is 0 Å². The van der Waals surface area contributed by atoms with Gasteiger partial charge in [-0.2, -0.15) is 0 Å². The maximum atomic E-state index is 8.89. The highest BCUT2D eigenvalue weighted by Crippen LogP contribution is 2.41. The van der Waals surface area contributed by atoms with Crippen LogP contribution in [0.25, 0.3) is 107 Å². The van der Waals surface area contributed by atoms with E-state index in [4.69, 9.17) is 38.6 Å². The number of aromatic nitrogens is 7. The summed E-state index contributed by atoms with van der Waals surface area (Å²) in [6.45, 7) is 0. The summed E-state index contributed by atoms with van der Waals surface area (Å²) in [6, 6.07) is 42.7. The van der Waals surface area contributed by atoms with Crippen LogP contribution in [0.1, 0.15) is 13.7 Å². The summed E-state index contributed by atoms with van der Waals surface area (Å²) < 4.78 is 88.2. The van der Waals surface area contributed by atoms with Gasteiger partial charge in [-0.05, 0) is 41.5 Å². The first kappa shape index (κ1) is 26.6. The van der Waals surface area contributed by atoms with E-state index in [1.54, 1.807) is 12.1 Å². The number of hydrogen-bond acceptors (Lipinski definition) is 6. The van der Waals surface area contributed by atoms with Crippen LogP contribution in [-0.2, 0) is 0 Å². The van der Waals surface area contributed by atoms with Crippen molar-refractivity contribution in [3.05, 3.63) is 212 Å². The van der Waals surface area contributed by atoms with Crippen molar-refractivity contribution in [1.82, 2.24) is 34.5 Å². The van der Waals surface area contributed by atoms with Crippen LogP contribution in [0, 0.1) is 0 Å². The molecule has 0 unspecified atom stereocenters. The summed E-state index contributed by atoms with van der Waals surface area (Å²) in [5.41, 5.74) is 6.00. The monoisotopic (exact) mass is 791 g/mol. The number of fused-ring (bicyclic) bond motifs is 3. The Hall–Kier alpha value is -8.42. The van der Waals surface area contributed by atoms with E-state index in [2.05, 4.69) is 39.9 Å². The molecule has 0 bridgehead atoms. The Bertz CT molecular complexity index is 3740. The van der Waals surface area contributed by atoms with Gasteiger partial charge in [0.25, 0.3) is 0 Å². The lowest BCUT2D eigenvalue weighted by Gasteiger charge is -2.16. The van der Waals surface area contributed by atoms with Crippen molar-refractivity contribution in [1.29, 1.82) is 0 Å². The van der Waals surface area contributed by atoms with Crippen LogP contribution < -0.4 is 0 Å². The van der Waals surface area contributed by atoms with Gasteiger partial charge < -0.3 is 4.57 Å². The average molecular weight is 792 g/mol. The molecule has 0 aliphatic heterocycles. The van der Waals surface area contributed by atoms with Gasteiger partial charge in [0.05, 0.1) is 30.4 Å². The second kappa shape index (κ2) is 15.4. The molecule has 7 nitrogen and oxygen atoms in total. The van der Waals surface area contributed by atoms with Crippen molar-refractivity contribution in [2.75, 3.05) is 0 Å². The second-order valence-corrected chi connectivity index (χ2v) is 14.0. The zero-order valence-electron chi connectivity index (χ0n) is 42.1. The van der Waals surface area contributed by atoms with Crippen molar-refractivity contribution >= 4 is 21.8 Å². The van der Waals surface area contributed by atoms with Crippen LogP contribution in [0.4, 0.5) is 0 Å². The largest absolute Gasteiger partial charge is 0.308 e. The SMILES string of the molecule is [2H]c1c([2H])c([2H])c(-c2nc(-c3ccc(-n4c5ccccc5c5c(-c6ccccc6)cccc54)c(-c4nc(-c5ccccc5)nc(-c5ccccc5)n4)c3)nc(-c3c([2H])c([2H])c([2H])c([2H])c3[2H])n2)c([2H])c1[2H]. The van der Waals surface area contributed by atoms with E-state index in [9.17, 15) is 0 Å². The van der Waals surface area contributed by atoms with Crippen LogP contribution in [0.5, 0.6) is 0 Å². The molecule has 0 N–H and O–H groups in total. The molecule has 0 aliphatic rings. The third-order valence-electron chi connectivity index (χ3n) is 10.3. The first-order valence-electron chi connectivity index (χ1n) is 24.4. The molecule has 0 spiro atoms. The van der Waals surface area contributed by atoms with Crippen LogP contribution >= 0.6 is 0 Å². The normalized spacial score (nSPS) is 13.6. The Labute approximate surface area is 366 Å². The highest BCUT2D eigenvalue weighted by Gasteiger charge is 2.23. The summed E-state index contributed by atoms with van der Waals surface area (Å²) in [6.07, 6.45) is 0. The summed E-state index contributed by atoms with van der Waals surface area (Å²) in [7, 11) is 0. The van der Waals surface area contributed by atoms with E-state index >= 15 is 0 Å². The smallest absolute Gasteiger partial charge is 0.166 e. The number of hydrogen-bond donors (Lipinski definition) is 0. The van der Waals surface area contributed by atoms with Gasteiger partial charge in [-0.3, -0.25) is 0 Å². The van der Waals surface area contributed by atoms with E-state index in [1.165, 1.54) is 0 Å². The molecule has 7 heteroatoms. The van der Waals surface area contributed by atoms with Crippen molar-refractivity contribution in [3.8, 4) is 85.1 Å². The molecule has 0 atom stereocenters. The third-order valence-corrected chi connectivity index (χ3v) is 10.3. The van der Waals surface area contributed by atoms with Crippen molar-refractivity contribution in [2.45, 2.75) is 0 Å². The average Bonchev–Trinajstić information content (AvgIpc) is 3.75. The predicted octanol–water partition coefficient (Wildman–Crippen LogP) is 12.8. The number of para-hydroxylation sites is 1. The van der Waals surface area contributed by atoms with Gasteiger partial charge in [0.15, 0.2) is 34.9 Å². The van der Waals surface area contributed by atoms with Gasteiger partial charge in [-0.25, -0.2) is 29.9 Å². The van der Waals surface area contributed by atoms with Crippen LogP contribution in [0.2, 0.25) is 0 Å². The molecule has 11 rings (SSSR count). The minimum absolute atomic E-state index is 0.106. The molecular weight excluding hydrogens is 747 g/mol. The molecule has 0 saturated carbocycles. The molecule has 11 aromatic rings. The number of nitrogens with zero attached hydrogens (tertiary/aromatic N) is 7. The van der Waals surface area contributed by atoms with E-state index in [1.807, 2.05) is 109 Å². The predicted molar refractivity (Wildman–Crippen MR) is 246 cm³/mol. The molecule has 0 aliphatic carbocycles. The number of rotatable bonds is 8. The standard InChI is InChI=1S/C54H35N7/c1-6-19-36(20-7-1)42-30-18-32-47-48(42)43-29-16-17-31-45(43)61(47)46-34-33-41(53-57-49(37-21-8-2-9-22-37)55-50(58-53)38-23-10-3-11-24-38)35-44(46)54-59-51(39-25-12-4-13-26-39)56-52(60-54)40-27-14-5-15-28-40/h1-35H/i2D,3D,8D,9D,10D,11D,21D,22D,23D,24D. The molecular formula is C54H35N7. The van der Waals surface area contributed by atoms with Gasteiger partial charge >= 0.3 is 0 Å². The fraction of sp³-hybridized carbons (Fsp3) is 0. The first-order chi connectivity index (χ1) is 34.4. The molecule has 0 fully saturated rings. The molecule has 0 radical (unpaired) electrons. The Kier molecular flexibility index (Phi) is 6.70. The minimum Gasteiger partial charge on any atom is -0.308 e. The van der Waals surface area contributed by atoms with Crippen molar-refractivity contribution < 1.29 is 13.7 Å². The highest BCUT2D eigenvalue weighted by molar-refractivity contribution is 6.16. The van der Waals surface area contributed by atoms with Gasteiger partial charge in [0, 0.05) is 44.2 Å². The maximum absolute atomic E-state index is 8.89. The van der Waals surface area contributed by atoms with Gasteiger partial charge in [-0.15, -0.1) is 0 Å². The minimum atomic E-state index is -0.640. The lowest BCUT2D eigenvalue weighted by atomic mass is 9.99. The lowest BCUT2D eigenvalue weighted by molar-refractivity contribution is 1.06. The van der Waals surface area contributed by atoms with E-state index in [0.717, 1.165) is 44.1 Å². The second-order valence-electron chi connectivity index (χ2n) is 14.0. The van der Waals surface area contributed by atoms with Gasteiger partial charge in [0.1, 0.15) is 0 Å². The molecule has 3 heterocycles. The summed E-state index contributed by atoms with van der Waals surface area (Å²) >= 11 is 0. The zero-order valence-corrected chi connectivity index (χ0v) is 32.1. The Morgan fingerprint density at radius 3 is 1.36 bits per heavy atom. The van der Waals surface area contributed by atoms with Crippen molar-refractivity contribution in [3.63, 3.8) is 0 Å². The first-order valence-corrected chi connectivity index (χ1v) is 19.4. The quantitative estimate of drug-likeness (QED) is 0.152. The highest BCUT2D eigenvalue weighted by atomic mass is 15.1. The van der Waals surface area contributed by atoms with E-state index < -0.39 is 60.4 Å². The fourth-order valence-corrected chi connectivity index (χ4v) is 7.57. The third kappa shape index (κ3) is 6.70. The van der Waals surface area contributed by atoms with E-state index in [0.29, 0.717) is 28.5 Å². The number of benzene rings is 8. The maximum Gasteiger partial charge on any atom is 0.166 e. The van der Waals surface area contributed by atoms with Crippen molar-refractivity contribution in [2.24, 2.45) is 0 Å². The molecule has 286 valence electrons. The zero-order chi connectivity index (χ0) is 49.2. The van der Waals surface area contributed by atoms with Crippen LogP contribution in [-0.4, -0.2) is 34.5 Å². The molecule has 0 amide bonds. The fourth-order valence-electron chi connectivity index (χ4n) is 7.57. The molecule has 3 aromatic heterocycles. The Morgan fingerprint density at radius 2 is 0.787 bits per heavy atom.